The van der Waals surface area contributed by atoms with Crippen LogP contribution in [0.2, 0.25) is 0 Å². The maximum absolute atomic E-state index is 5.38. The van der Waals surface area contributed by atoms with Gasteiger partial charge in [-0.3, -0.25) is 0 Å². The van der Waals surface area contributed by atoms with Crippen LogP contribution in [0.4, 0.5) is 0 Å². The molecule has 0 N–H and O–H groups in total. The van der Waals surface area contributed by atoms with Crippen LogP contribution in [0.15, 0.2) is 35.5 Å². The number of hydrogen-bond donors (Lipinski definition) is 0. The molecule has 0 aliphatic carbocycles. The summed E-state index contributed by atoms with van der Waals surface area (Å²) < 4.78 is 6.35. The Balaban J connectivity index is 2.28. The predicted molar refractivity (Wildman–Crippen MR) is 56.9 cm³/mol. The Kier molecular flexibility index (Phi) is 4.54. The van der Waals surface area contributed by atoms with E-state index in [0.717, 1.165) is 17.3 Å². The summed E-state index contributed by atoms with van der Waals surface area (Å²) in [5, 5.41) is 0. The van der Waals surface area contributed by atoms with Crippen LogP contribution in [0.5, 0.6) is 5.88 Å². The SMILES string of the molecule is C=CCCCOc1ccc(Br)cn1. The van der Waals surface area contributed by atoms with Crippen molar-refractivity contribution in [2.24, 2.45) is 0 Å². The molecule has 1 rings (SSSR count). The van der Waals surface area contributed by atoms with Gasteiger partial charge < -0.3 is 4.74 Å². The quantitative estimate of drug-likeness (QED) is 0.584. The summed E-state index contributed by atoms with van der Waals surface area (Å²) in [5.41, 5.74) is 0. The number of rotatable bonds is 5. The molecule has 0 radical (unpaired) electrons. The highest BCUT2D eigenvalue weighted by atomic mass is 79.9. The van der Waals surface area contributed by atoms with E-state index in [1.54, 1.807) is 6.20 Å². The first-order valence-corrected chi connectivity index (χ1v) is 4.97. The highest BCUT2D eigenvalue weighted by molar-refractivity contribution is 9.10. The van der Waals surface area contributed by atoms with Gasteiger partial charge in [-0.05, 0) is 34.8 Å². The van der Waals surface area contributed by atoms with E-state index < -0.39 is 0 Å². The van der Waals surface area contributed by atoms with E-state index >= 15 is 0 Å². The van der Waals surface area contributed by atoms with Crippen LogP contribution in [0.3, 0.4) is 0 Å². The molecule has 0 saturated heterocycles. The van der Waals surface area contributed by atoms with Crippen molar-refractivity contribution in [2.75, 3.05) is 6.61 Å². The molecule has 1 heterocycles. The Labute approximate surface area is 86.8 Å². The van der Waals surface area contributed by atoms with Gasteiger partial charge in [0.2, 0.25) is 5.88 Å². The smallest absolute Gasteiger partial charge is 0.213 e. The molecule has 0 aliphatic heterocycles. The van der Waals surface area contributed by atoms with Gasteiger partial charge in [0.05, 0.1) is 6.61 Å². The molecule has 0 atom stereocenters. The van der Waals surface area contributed by atoms with Crippen LogP contribution in [0.1, 0.15) is 12.8 Å². The maximum Gasteiger partial charge on any atom is 0.213 e. The lowest BCUT2D eigenvalue weighted by Gasteiger charge is -2.02. The predicted octanol–water partition coefficient (Wildman–Crippen LogP) is 3.19. The number of ether oxygens (including phenoxy) is 1. The maximum atomic E-state index is 5.38. The number of halogens is 1. The van der Waals surface area contributed by atoms with Crippen molar-refractivity contribution in [3.8, 4) is 5.88 Å². The number of hydrogen-bond acceptors (Lipinski definition) is 2. The molecule has 0 amide bonds. The molecule has 1 aromatic rings. The first kappa shape index (κ1) is 10.3. The Bertz CT molecular complexity index is 258. The fourth-order valence-corrected chi connectivity index (χ4v) is 1.09. The van der Waals surface area contributed by atoms with Crippen molar-refractivity contribution in [1.82, 2.24) is 4.98 Å². The largest absolute Gasteiger partial charge is 0.478 e. The molecular formula is C10H12BrNO. The molecule has 1 aromatic heterocycles. The Morgan fingerprint density at radius 2 is 2.38 bits per heavy atom. The summed E-state index contributed by atoms with van der Waals surface area (Å²) in [7, 11) is 0. The van der Waals surface area contributed by atoms with Gasteiger partial charge in [0.1, 0.15) is 0 Å². The summed E-state index contributed by atoms with van der Waals surface area (Å²) in [6, 6.07) is 3.76. The monoisotopic (exact) mass is 241 g/mol. The summed E-state index contributed by atoms with van der Waals surface area (Å²) in [4.78, 5) is 4.08. The normalized spacial score (nSPS) is 9.62. The molecule has 0 aromatic carbocycles. The van der Waals surface area contributed by atoms with E-state index in [4.69, 9.17) is 4.74 Å². The zero-order chi connectivity index (χ0) is 9.52. The van der Waals surface area contributed by atoms with Crippen molar-refractivity contribution < 1.29 is 4.74 Å². The molecular weight excluding hydrogens is 230 g/mol. The average molecular weight is 242 g/mol. The number of nitrogens with zero attached hydrogens (tertiary/aromatic N) is 1. The molecule has 70 valence electrons. The lowest BCUT2D eigenvalue weighted by Crippen LogP contribution is -1.97. The number of allylic oxidation sites excluding steroid dienone is 1. The summed E-state index contributed by atoms with van der Waals surface area (Å²) in [5.74, 6) is 0.673. The molecule has 2 nitrogen and oxygen atoms in total. The third-order valence-electron chi connectivity index (χ3n) is 1.50. The van der Waals surface area contributed by atoms with Crippen molar-refractivity contribution in [2.45, 2.75) is 12.8 Å². The van der Waals surface area contributed by atoms with Crippen molar-refractivity contribution >= 4 is 15.9 Å². The first-order chi connectivity index (χ1) is 6.33. The lowest BCUT2D eigenvalue weighted by atomic mass is 10.3. The van der Waals surface area contributed by atoms with E-state index in [1.807, 2.05) is 18.2 Å². The zero-order valence-corrected chi connectivity index (χ0v) is 8.96. The second-order valence-corrected chi connectivity index (χ2v) is 3.51. The molecule has 13 heavy (non-hydrogen) atoms. The summed E-state index contributed by atoms with van der Waals surface area (Å²) in [6.07, 6.45) is 5.58. The van der Waals surface area contributed by atoms with Crippen LogP contribution in [-0.2, 0) is 0 Å². The number of aromatic nitrogens is 1. The number of unbranched alkanes of at least 4 members (excludes halogenated alkanes) is 1. The second-order valence-electron chi connectivity index (χ2n) is 2.59. The fourth-order valence-electron chi connectivity index (χ4n) is 0.852. The van der Waals surface area contributed by atoms with Crippen LogP contribution in [-0.4, -0.2) is 11.6 Å². The Morgan fingerprint density at radius 1 is 1.54 bits per heavy atom. The summed E-state index contributed by atoms with van der Waals surface area (Å²) >= 11 is 3.31. The minimum atomic E-state index is 0.673. The zero-order valence-electron chi connectivity index (χ0n) is 7.37. The Morgan fingerprint density at radius 3 is 3.00 bits per heavy atom. The third-order valence-corrected chi connectivity index (χ3v) is 1.97. The van der Waals surface area contributed by atoms with Gasteiger partial charge in [-0.15, -0.1) is 6.58 Å². The molecule has 0 saturated carbocycles. The molecule has 0 spiro atoms. The molecule has 3 heteroatoms. The van der Waals surface area contributed by atoms with Gasteiger partial charge in [-0.1, -0.05) is 6.08 Å². The topological polar surface area (TPSA) is 22.1 Å². The van der Waals surface area contributed by atoms with Crippen molar-refractivity contribution in [3.05, 3.63) is 35.5 Å². The summed E-state index contributed by atoms with van der Waals surface area (Å²) in [6.45, 7) is 4.33. The van der Waals surface area contributed by atoms with Crippen LogP contribution < -0.4 is 4.74 Å². The molecule has 0 aliphatic rings. The van der Waals surface area contributed by atoms with E-state index in [-0.39, 0.29) is 0 Å². The van der Waals surface area contributed by atoms with Crippen LogP contribution in [0.25, 0.3) is 0 Å². The highest BCUT2D eigenvalue weighted by Gasteiger charge is 1.93. The highest BCUT2D eigenvalue weighted by Crippen LogP contribution is 2.12. The van der Waals surface area contributed by atoms with Gasteiger partial charge >= 0.3 is 0 Å². The molecule has 0 fully saturated rings. The van der Waals surface area contributed by atoms with Gasteiger partial charge in [-0.2, -0.15) is 0 Å². The van der Waals surface area contributed by atoms with Crippen molar-refractivity contribution in [1.29, 1.82) is 0 Å². The second kappa shape index (κ2) is 5.75. The van der Waals surface area contributed by atoms with E-state index in [0.29, 0.717) is 12.5 Å². The minimum absolute atomic E-state index is 0.673. The van der Waals surface area contributed by atoms with Crippen LogP contribution in [0, 0.1) is 0 Å². The van der Waals surface area contributed by atoms with Gasteiger partial charge in [0, 0.05) is 16.7 Å². The van der Waals surface area contributed by atoms with Gasteiger partial charge in [-0.25, -0.2) is 4.98 Å². The average Bonchev–Trinajstić information content (AvgIpc) is 2.15. The first-order valence-electron chi connectivity index (χ1n) is 4.18. The third kappa shape index (κ3) is 4.08. The number of pyridine rings is 1. The standard InChI is InChI=1S/C10H12BrNO/c1-2-3-4-7-13-10-6-5-9(11)8-12-10/h2,5-6,8H,1,3-4,7H2. The van der Waals surface area contributed by atoms with Crippen LogP contribution >= 0.6 is 15.9 Å². The minimum Gasteiger partial charge on any atom is -0.478 e. The van der Waals surface area contributed by atoms with E-state index in [2.05, 4.69) is 27.5 Å². The van der Waals surface area contributed by atoms with E-state index in [1.165, 1.54) is 0 Å². The Hall–Kier alpha value is -0.830. The molecule has 0 unspecified atom stereocenters. The lowest BCUT2D eigenvalue weighted by molar-refractivity contribution is 0.300. The van der Waals surface area contributed by atoms with Gasteiger partial charge in [0.25, 0.3) is 0 Å². The van der Waals surface area contributed by atoms with Crippen molar-refractivity contribution in [3.63, 3.8) is 0 Å². The van der Waals surface area contributed by atoms with E-state index in [9.17, 15) is 0 Å². The van der Waals surface area contributed by atoms with Gasteiger partial charge in [0.15, 0.2) is 0 Å². The fraction of sp³-hybridized carbons (Fsp3) is 0.300. The molecule has 0 bridgehead atoms.